The Morgan fingerprint density at radius 2 is 1.71 bits per heavy atom. The van der Waals surface area contributed by atoms with Gasteiger partial charge < -0.3 is 0 Å². The van der Waals surface area contributed by atoms with Gasteiger partial charge in [0, 0.05) is 0 Å². The fourth-order valence-corrected chi connectivity index (χ4v) is 2.73. The van der Waals surface area contributed by atoms with Crippen LogP contribution in [-0.4, -0.2) is 0 Å². The molecule has 0 aromatic heterocycles. The molecule has 0 fully saturated rings. The maximum Gasteiger partial charge on any atom is -0.0159 e. The summed E-state index contributed by atoms with van der Waals surface area (Å²) in [5.41, 5.74) is 4.46. The van der Waals surface area contributed by atoms with Gasteiger partial charge in [-0.05, 0) is 43.7 Å². The maximum atomic E-state index is 2.36. The average Bonchev–Trinajstić information content (AvgIpc) is 2.28. The molecule has 1 atom stereocenters. The monoisotopic (exact) mass is 232 g/mol. The molecular weight excluding hydrogens is 204 g/mol. The molecule has 1 aromatic rings. The van der Waals surface area contributed by atoms with E-state index >= 15 is 0 Å². The molecule has 0 aliphatic heterocycles. The highest BCUT2D eigenvalue weighted by Crippen LogP contribution is 2.30. The highest BCUT2D eigenvalue weighted by atomic mass is 14.2. The van der Waals surface area contributed by atoms with Gasteiger partial charge in [0.15, 0.2) is 0 Å². The van der Waals surface area contributed by atoms with Crippen LogP contribution in [0.25, 0.3) is 0 Å². The number of hydrogen-bond acceptors (Lipinski definition) is 0. The number of rotatable bonds is 7. The molecule has 0 amide bonds. The largest absolute Gasteiger partial charge is 0.0654 e. The zero-order valence-corrected chi connectivity index (χ0v) is 12.1. The molecule has 0 saturated carbocycles. The first-order valence-electron chi connectivity index (χ1n) is 7.26. The Morgan fingerprint density at radius 3 is 2.29 bits per heavy atom. The summed E-state index contributed by atoms with van der Waals surface area (Å²) < 4.78 is 0. The average molecular weight is 232 g/mol. The highest BCUT2D eigenvalue weighted by molar-refractivity contribution is 5.33. The summed E-state index contributed by atoms with van der Waals surface area (Å²) in [5.74, 6) is 0.784. The molecule has 0 heterocycles. The van der Waals surface area contributed by atoms with Crippen molar-refractivity contribution in [2.45, 2.75) is 72.1 Å². The van der Waals surface area contributed by atoms with E-state index in [1.54, 1.807) is 5.56 Å². The smallest absolute Gasteiger partial charge is 0.0159 e. The highest BCUT2D eigenvalue weighted by Gasteiger charge is 2.12. The van der Waals surface area contributed by atoms with Gasteiger partial charge in [-0.15, -0.1) is 0 Å². The molecule has 0 bridgehead atoms. The third kappa shape index (κ3) is 4.53. The maximum absolute atomic E-state index is 2.36. The van der Waals surface area contributed by atoms with Gasteiger partial charge in [0.05, 0.1) is 0 Å². The van der Waals surface area contributed by atoms with Crippen molar-refractivity contribution in [1.29, 1.82) is 0 Å². The summed E-state index contributed by atoms with van der Waals surface area (Å²) in [5, 5.41) is 0. The fraction of sp³-hybridized carbons (Fsp3) is 0.647. The van der Waals surface area contributed by atoms with Gasteiger partial charge in [0.2, 0.25) is 0 Å². The Kier molecular flexibility index (Phi) is 6.32. The third-order valence-corrected chi connectivity index (χ3v) is 3.66. The van der Waals surface area contributed by atoms with Crippen LogP contribution in [0.2, 0.25) is 0 Å². The van der Waals surface area contributed by atoms with Crippen molar-refractivity contribution in [3.05, 3.63) is 34.9 Å². The molecule has 0 aliphatic carbocycles. The van der Waals surface area contributed by atoms with Crippen LogP contribution in [-0.2, 0) is 0 Å². The zero-order valence-electron chi connectivity index (χ0n) is 12.1. The quantitative estimate of drug-likeness (QED) is 0.524. The number of unbranched alkanes of at least 4 members (excludes halogenated alkanes) is 2. The minimum absolute atomic E-state index is 0.784. The lowest BCUT2D eigenvalue weighted by Gasteiger charge is -2.19. The second kappa shape index (κ2) is 7.53. The summed E-state index contributed by atoms with van der Waals surface area (Å²) >= 11 is 0. The summed E-state index contributed by atoms with van der Waals surface area (Å²) in [7, 11) is 0. The normalized spacial score (nSPS) is 12.7. The molecule has 0 heteroatoms. The molecule has 0 N–H and O–H groups in total. The minimum Gasteiger partial charge on any atom is -0.0654 e. The van der Waals surface area contributed by atoms with Gasteiger partial charge in [0.1, 0.15) is 0 Å². The lowest BCUT2D eigenvalue weighted by Crippen LogP contribution is -2.01. The number of aryl methyl sites for hydroxylation is 2. The Bertz CT molecular complexity index is 325. The predicted octanol–water partition coefficient (Wildman–Crippen LogP) is 5.77. The molecular formula is C17H28. The molecule has 0 spiro atoms. The first-order valence-corrected chi connectivity index (χ1v) is 7.26. The molecule has 0 saturated heterocycles. The summed E-state index contributed by atoms with van der Waals surface area (Å²) in [4.78, 5) is 0. The van der Waals surface area contributed by atoms with E-state index in [0.717, 1.165) is 5.92 Å². The van der Waals surface area contributed by atoms with Crippen molar-refractivity contribution in [1.82, 2.24) is 0 Å². The predicted molar refractivity (Wildman–Crippen MR) is 77.7 cm³/mol. The van der Waals surface area contributed by atoms with Crippen molar-refractivity contribution in [3.63, 3.8) is 0 Å². The molecule has 1 aromatic carbocycles. The van der Waals surface area contributed by atoms with Gasteiger partial charge >= 0.3 is 0 Å². The summed E-state index contributed by atoms with van der Waals surface area (Å²) in [6, 6.07) is 6.96. The van der Waals surface area contributed by atoms with E-state index in [1.807, 2.05) is 0 Å². The molecule has 0 nitrogen and oxygen atoms in total. The van der Waals surface area contributed by atoms with Crippen molar-refractivity contribution < 1.29 is 0 Å². The molecule has 96 valence electrons. The third-order valence-electron chi connectivity index (χ3n) is 3.66. The fourth-order valence-electron chi connectivity index (χ4n) is 2.73. The second-order valence-corrected chi connectivity index (χ2v) is 5.34. The van der Waals surface area contributed by atoms with E-state index < -0.39 is 0 Å². The Balaban J connectivity index is 2.74. The molecule has 0 aliphatic rings. The first kappa shape index (κ1) is 14.3. The van der Waals surface area contributed by atoms with E-state index in [-0.39, 0.29) is 0 Å². The van der Waals surface area contributed by atoms with Gasteiger partial charge in [-0.3, -0.25) is 0 Å². The Labute approximate surface area is 107 Å². The van der Waals surface area contributed by atoms with Crippen LogP contribution >= 0.6 is 0 Å². The van der Waals surface area contributed by atoms with E-state index in [1.165, 1.54) is 49.7 Å². The van der Waals surface area contributed by atoms with Crippen molar-refractivity contribution >= 4 is 0 Å². The van der Waals surface area contributed by atoms with E-state index in [0.29, 0.717) is 0 Å². The van der Waals surface area contributed by atoms with Crippen LogP contribution in [0.4, 0.5) is 0 Å². The SMILES string of the molecule is CCCCCC(CCC)c1ccc(C)cc1C. The summed E-state index contributed by atoms with van der Waals surface area (Å²) in [6.07, 6.45) is 8.09. The number of benzene rings is 1. The van der Waals surface area contributed by atoms with Gasteiger partial charge in [-0.1, -0.05) is 63.3 Å². The van der Waals surface area contributed by atoms with E-state index in [9.17, 15) is 0 Å². The topological polar surface area (TPSA) is 0 Å². The van der Waals surface area contributed by atoms with Gasteiger partial charge in [-0.25, -0.2) is 0 Å². The van der Waals surface area contributed by atoms with Crippen LogP contribution in [0, 0.1) is 13.8 Å². The standard InChI is InChI=1S/C17H28/c1-5-7-8-10-16(9-6-2)17-12-11-14(3)13-15(17)4/h11-13,16H,5-10H2,1-4H3. The van der Waals surface area contributed by atoms with Crippen LogP contribution in [0.1, 0.15) is 75.0 Å². The number of hydrogen-bond donors (Lipinski definition) is 0. The van der Waals surface area contributed by atoms with Crippen LogP contribution in [0.3, 0.4) is 0 Å². The minimum atomic E-state index is 0.784. The van der Waals surface area contributed by atoms with Gasteiger partial charge in [0.25, 0.3) is 0 Å². The van der Waals surface area contributed by atoms with Crippen LogP contribution < -0.4 is 0 Å². The van der Waals surface area contributed by atoms with E-state index in [2.05, 4.69) is 45.9 Å². The lowest BCUT2D eigenvalue weighted by molar-refractivity contribution is 0.527. The Morgan fingerprint density at radius 1 is 0.941 bits per heavy atom. The van der Waals surface area contributed by atoms with Crippen molar-refractivity contribution in [2.75, 3.05) is 0 Å². The lowest BCUT2D eigenvalue weighted by atomic mass is 9.86. The second-order valence-electron chi connectivity index (χ2n) is 5.34. The van der Waals surface area contributed by atoms with Gasteiger partial charge in [-0.2, -0.15) is 0 Å². The molecule has 1 rings (SSSR count). The van der Waals surface area contributed by atoms with Crippen LogP contribution in [0.5, 0.6) is 0 Å². The Hall–Kier alpha value is -0.780. The van der Waals surface area contributed by atoms with Crippen LogP contribution in [0.15, 0.2) is 18.2 Å². The molecule has 17 heavy (non-hydrogen) atoms. The summed E-state index contributed by atoms with van der Waals surface area (Å²) in [6.45, 7) is 9.04. The molecule has 1 unspecified atom stereocenters. The zero-order chi connectivity index (χ0) is 12.7. The van der Waals surface area contributed by atoms with Crippen molar-refractivity contribution in [3.8, 4) is 0 Å². The molecule has 0 radical (unpaired) electrons. The first-order chi connectivity index (χ1) is 8.19. The van der Waals surface area contributed by atoms with Crippen molar-refractivity contribution in [2.24, 2.45) is 0 Å². The van der Waals surface area contributed by atoms with E-state index in [4.69, 9.17) is 0 Å².